The Morgan fingerprint density at radius 2 is 1.81 bits per heavy atom. The van der Waals surface area contributed by atoms with E-state index < -0.39 is 0 Å². The Labute approximate surface area is 125 Å². The Morgan fingerprint density at radius 1 is 1.19 bits per heavy atom. The van der Waals surface area contributed by atoms with E-state index in [0.29, 0.717) is 11.5 Å². The molecular formula is C16H20N4O. The maximum atomic E-state index is 11.8. The van der Waals surface area contributed by atoms with Gasteiger partial charge in [0.1, 0.15) is 0 Å². The van der Waals surface area contributed by atoms with Crippen LogP contribution in [0, 0.1) is 0 Å². The summed E-state index contributed by atoms with van der Waals surface area (Å²) in [5.41, 5.74) is 1.66. The van der Waals surface area contributed by atoms with Gasteiger partial charge in [-0.3, -0.25) is 4.79 Å². The van der Waals surface area contributed by atoms with Gasteiger partial charge in [-0.15, -0.1) is 0 Å². The highest BCUT2D eigenvalue weighted by atomic mass is 16.1. The molecule has 0 aliphatic heterocycles. The van der Waals surface area contributed by atoms with E-state index in [4.69, 9.17) is 0 Å². The van der Waals surface area contributed by atoms with Gasteiger partial charge in [0.05, 0.1) is 5.56 Å². The van der Waals surface area contributed by atoms with E-state index in [0.717, 1.165) is 6.54 Å². The van der Waals surface area contributed by atoms with Crippen LogP contribution in [0.15, 0.2) is 42.7 Å². The molecule has 1 N–H and O–H groups in total. The molecule has 0 fully saturated rings. The molecule has 0 saturated carbocycles. The third-order valence-electron chi connectivity index (χ3n) is 2.92. The van der Waals surface area contributed by atoms with Crippen LogP contribution in [0.4, 0.5) is 5.95 Å². The van der Waals surface area contributed by atoms with Gasteiger partial charge < -0.3 is 10.2 Å². The molecule has 1 amide bonds. The number of carbonyl (C=O) groups excluding carboxylic acids is 1. The topological polar surface area (TPSA) is 58.1 Å². The maximum absolute atomic E-state index is 11.8. The predicted octanol–water partition coefficient (Wildman–Crippen LogP) is 2.25. The molecule has 0 radical (unpaired) electrons. The first-order valence-corrected chi connectivity index (χ1v) is 6.94. The molecule has 0 saturated heterocycles. The van der Waals surface area contributed by atoms with E-state index in [9.17, 15) is 4.79 Å². The quantitative estimate of drug-likeness (QED) is 0.915. The van der Waals surface area contributed by atoms with Gasteiger partial charge in [0.2, 0.25) is 5.95 Å². The normalized spacial score (nSPS) is 10.5. The van der Waals surface area contributed by atoms with Crippen molar-refractivity contribution < 1.29 is 4.79 Å². The van der Waals surface area contributed by atoms with Crippen LogP contribution in [0.25, 0.3) is 0 Å². The van der Waals surface area contributed by atoms with Crippen LogP contribution in [0.5, 0.6) is 0 Å². The molecule has 0 bridgehead atoms. The SMILES string of the molecule is CC(C)NC(=O)c1cnc(N(C)Cc2ccccc2)nc1. The summed E-state index contributed by atoms with van der Waals surface area (Å²) in [4.78, 5) is 22.3. The van der Waals surface area contributed by atoms with Gasteiger partial charge in [-0.2, -0.15) is 0 Å². The van der Waals surface area contributed by atoms with Gasteiger partial charge in [0.25, 0.3) is 5.91 Å². The molecular weight excluding hydrogens is 264 g/mol. The Hall–Kier alpha value is -2.43. The minimum atomic E-state index is -0.151. The molecule has 0 aliphatic rings. The van der Waals surface area contributed by atoms with Crippen molar-refractivity contribution in [3.05, 3.63) is 53.9 Å². The van der Waals surface area contributed by atoms with Crippen LogP contribution >= 0.6 is 0 Å². The first-order valence-electron chi connectivity index (χ1n) is 6.94. The highest BCUT2D eigenvalue weighted by Gasteiger charge is 2.10. The second-order valence-electron chi connectivity index (χ2n) is 5.24. The fourth-order valence-electron chi connectivity index (χ4n) is 1.91. The molecule has 0 unspecified atom stereocenters. The van der Waals surface area contributed by atoms with Gasteiger partial charge in [-0.1, -0.05) is 30.3 Å². The number of nitrogens with one attached hydrogen (secondary N) is 1. The average molecular weight is 284 g/mol. The van der Waals surface area contributed by atoms with Crippen LogP contribution in [0.1, 0.15) is 29.8 Å². The summed E-state index contributed by atoms with van der Waals surface area (Å²) < 4.78 is 0. The number of amides is 1. The molecule has 1 heterocycles. The number of anilines is 1. The molecule has 0 atom stereocenters. The molecule has 0 aliphatic carbocycles. The fourth-order valence-corrected chi connectivity index (χ4v) is 1.91. The first kappa shape index (κ1) is 15.0. The second kappa shape index (κ2) is 6.83. The van der Waals surface area contributed by atoms with Gasteiger partial charge >= 0.3 is 0 Å². The number of nitrogens with zero attached hydrogens (tertiary/aromatic N) is 3. The molecule has 5 nitrogen and oxygen atoms in total. The zero-order chi connectivity index (χ0) is 15.2. The lowest BCUT2D eigenvalue weighted by Gasteiger charge is -2.17. The lowest BCUT2D eigenvalue weighted by molar-refractivity contribution is 0.0942. The van der Waals surface area contributed by atoms with Crippen molar-refractivity contribution in [2.24, 2.45) is 0 Å². The lowest BCUT2D eigenvalue weighted by Crippen LogP contribution is -2.30. The fraction of sp³-hybridized carbons (Fsp3) is 0.312. The Bertz CT molecular complexity index is 581. The van der Waals surface area contributed by atoms with Crippen molar-refractivity contribution in [1.82, 2.24) is 15.3 Å². The van der Waals surface area contributed by atoms with Crippen LogP contribution < -0.4 is 10.2 Å². The Balaban J connectivity index is 2.03. The van der Waals surface area contributed by atoms with Crippen LogP contribution in [-0.2, 0) is 6.54 Å². The van der Waals surface area contributed by atoms with Crippen molar-refractivity contribution in [2.75, 3.05) is 11.9 Å². The first-order chi connectivity index (χ1) is 10.1. The Kier molecular flexibility index (Phi) is 4.87. The summed E-state index contributed by atoms with van der Waals surface area (Å²) in [6.45, 7) is 4.56. The van der Waals surface area contributed by atoms with Gasteiger partial charge in [0, 0.05) is 32.0 Å². The van der Waals surface area contributed by atoms with Crippen molar-refractivity contribution in [1.29, 1.82) is 0 Å². The number of hydrogen-bond donors (Lipinski definition) is 1. The summed E-state index contributed by atoms with van der Waals surface area (Å²) in [6, 6.07) is 10.2. The number of carbonyl (C=O) groups is 1. The van der Waals surface area contributed by atoms with Crippen LogP contribution in [0.2, 0.25) is 0 Å². The Morgan fingerprint density at radius 3 is 2.38 bits per heavy atom. The molecule has 2 aromatic rings. The molecule has 2 rings (SSSR count). The largest absolute Gasteiger partial charge is 0.350 e. The molecule has 1 aromatic heterocycles. The molecule has 110 valence electrons. The van der Waals surface area contributed by atoms with Gasteiger partial charge in [0.15, 0.2) is 0 Å². The molecule has 5 heteroatoms. The zero-order valence-corrected chi connectivity index (χ0v) is 12.6. The molecule has 21 heavy (non-hydrogen) atoms. The summed E-state index contributed by atoms with van der Waals surface area (Å²) >= 11 is 0. The van der Waals surface area contributed by atoms with Gasteiger partial charge in [-0.05, 0) is 19.4 Å². The smallest absolute Gasteiger partial charge is 0.254 e. The monoisotopic (exact) mass is 284 g/mol. The minimum absolute atomic E-state index is 0.0953. The van der Waals surface area contributed by atoms with E-state index in [1.54, 1.807) is 12.4 Å². The van der Waals surface area contributed by atoms with E-state index >= 15 is 0 Å². The average Bonchev–Trinajstić information content (AvgIpc) is 2.47. The van der Waals surface area contributed by atoms with Crippen molar-refractivity contribution in [3.8, 4) is 0 Å². The summed E-state index contributed by atoms with van der Waals surface area (Å²) in [5.74, 6) is 0.446. The number of hydrogen-bond acceptors (Lipinski definition) is 4. The zero-order valence-electron chi connectivity index (χ0n) is 12.6. The molecule has 1 aromatic carbocycles. The standard InChI is InChI=1S/C16H20N4O/c1-12(2)19-15(21)14-9-17-16(18-10-14)20(3)11-13-7-5-4-6-8-13/h4-10,12H,11H2,1-3H3,(H,19,21). The predicted molar refractivity (Wildman–Crippen MR) is 83.2 cm³/mol. The second-order valence-corrected chi connectivity index (χ2v) is 5.24. The number of rotatable bonds is 5. The van der Waals surface area contributed by atoms with Crippen LogP contribution in [0.3, 0.4) is 0 Å². The van der Waals surface area contributed by atoms with Crippen LogP contribution in [-0.4, -0.2) is 29.0 Å². The number of aromatic nitrogens is 2. The van der Waals surface area contributed by atoms with E-state index in [1.807, 2.05) is 44.0 Å². The molecule has 0 spiro atoms. The third kappa shape index (κ3) is 4.27. The van der Waals surface area contributed by atoms with E-state index in [-0.39, 0.29) is 11.9 Å². The highest BCUT2D eigenvalue weighted by molar-refractivity contribution is 5.93. The van der Waals surface area contributed by atoms with E-state index in [1.165, 1.54) is 5.56 Å². The van der Waals surface area contributed by atoms with Crippen molar-refractivity contribution in [2.45, 2.75) is 26.4 Å². The number of benzene rings is 1. The minimum Gasteiger partial charge on any atom is -0.350 e. The van der Waals surface area contributed by atoms with Gasteiger partial charge in [-0.25, -0.2) is 9.97 Å². The van der Waals surface area contributed by atoms with Crippen molar-refractivity contribution >= 4 is 11.9 Å². The summed E-state index contributed by atoms with van der Waals surface area (Å²) in [7, 11) is 1.93. The third-order valence-corrected chi connectivity index (χ3v) is 2.92. The van der Waals surface area contributed by atoms with E-state index in [2.05, 4.69) is 27.4 Å². The highest BCUT2D eigenvalue weighted by Crippen LogP contribution is 2.10. The summed E-state index contributed by atoms with van der Waals surface area (Å²) in [5, 5.41) is 2.82. The maximum Gasteiger partial charge on any atom is 0.254 e. The summed E-state index contributed by atoms with van der Waals surface area (Å²) in [6.07, 6.45) is 3.11. The lowest BCUT2D eigenvalue weighted by atomic mass is 10.2. The van der Waals surface area contributed by atoms with Crippen molar-refractivity contribution in [3.63, 3.8) is 0 Å².